The first kappa shape index (κ1) is 15.8. The van der Waals surface area contributed by atoms with Crippen LogP contribution in [0.4, 0.5) is 5.69 Å². The Morgan fingerprint density at radius 2 is 2.29 bits per heavy atom. The highest BCUT2D eigenvalue weighted by molar-refractivity contribution is 7.98. The third-order valence-electron chi connectivity index (χ3n) is 3.64. The summed E-state index contributed by atoms with van der Waals surface area (Å²) in [6.07, 6.45) is 1.70. The lowest BCUT2D eigenvalue weighted by atomic mass is 10.1. The molecule has 1 aromatic rings. The molecule has 1 heterocycles. The molecule has 1 aliphatic heterocycles. The predicted octanol–water partition coefficient (Wildman–Crippen LogP) is 2.09. The third kappa shape index (κ3) is 3.19. The molecule has 1 saturated heterocycles. The molecule has 0 bridgehead atoms. The lowest BCUT2D eigenvalue weighted by Gasteiger charge is -2.30. The minimum Gasteiger partial charge on any atom is -0.318 e. The van der Waals surface area contributed by atoms with Crippen LogP contribution in [-0.4, -0.2) is 40.3 Å². The first-order valence-electron chi connectivity index (χ1n) is 6.74. The van der Waals surface area contributed by atoms with Gasteiger partial charge in [-0.25, -0.2) is 0 Å². The van der Waals surface area contributed by atoms with Crippen LogP contribution < -0.4 is 5.32 Å². The molecule has 1 fully saturated rings. The summed E-state index contributed by atoms with van der Waals surface area (Å²) in [7, 11) is 0. The molecule has 7 heteroatoms. The Morgan fingerprint density at radius 3 is 2.90 bits per heavy atom. The second kappa shape index (κ2) is 6.44. The highest BCUT2D eigenvalue weighted by atomic mass is 32.2. The molecule has 1 aromatic carbocycles. The fraction of sp³-hybridized carbons (Fsp3) is 0.500. The number of nitro benzene ring substituents is 1. The van der Waals surface area contributed by atoms with Gasteiger partial charge in [0.25, 0.3) is 5.69 Å². The van der Waals surface area contributed by atoms with Crippen LogP contribution in [0.3, 0.4) is 0 Å². The number of nitrogens with zero attached hydrogens (tertiary/aromatic N) is 2. The molecule has 2 atom stereocenters. The van der Waals surface area contributed by atoms with Gasteiger partial charge in [-0.3, -0.25) is 20.2 Å². The minimum absolute atomic E-state index is 0.0322. The zero-order chi connectivity index (χ0) is 15.6. The quantitative estimate of drug-likeness (QED) is 0.666. The number of nitro groups is 1. The van der Waals surface area contributed by atoms with E-state index >= 15 is 0 Å². The monoisotopic (exact) mass is 309 g/mol. The molecule has 114 valence electrons. The fourth-order valence-electron chi connectivity index (χ4n) is 2.61. The van der Waals surface area contributed by atoms with Crippen molar-refractivity contribution in [1.29, 1.82) is 0 Å². The maximum Gasteiger partial charge on any atom is 0.272 e. The number of rotatable bonds is 5. The molecule has 1 aliphatic rings. The van der Waals surface area contributed by atoms with E-state index in [0.29, 0.717) is 5.56 Å². The molecule has 6 nitrogen and oxygen atoms in total. The molecular weight excluding hydrogens is 290 g/mol. The molecule has 1 amide bonds. The predicted molar refractivity (Wildman–Crippen MR) is 83.3 cm³/mol. The van der Waals surface area contributed by atoms with Gasteiger partial charge in [0, 0.05) is 23.4 Å². The fourth-order valence-corrected chi connectivity index (χ4v) is 3.25. The first-order chi connectivity index (χ1) is 9.95. The van der Waals surface area contributed by atoms with Crippen LogP contribution in [0.1, 0.15) is 24.2 Å². The SMILES string of the molecule is CSCC(C)N1C(=O)CNC1c1ccc(C)c([N+](=O)[O-])c1. The zero-order valence-electron chi connectivity index (χ0n) is 12.3. The van der Waals surface area contributed by atoms with Gasteiger partial charge >= 0.3 is 0 Å². The summed E-state index contributed by atoms with van der Waals surface area (Å²) in [5.74, 6) is 0.863. The zero-order valence-corrected chi connectivity index (χ0v) is 13.1. The lowest BCUT2D eigenvalue weighted by Crippen LogP contribution is -2.39. The van der Waals surface area contributed by atoms with Crippen molar-refractivity contribution < 1.29 is 9.72 Å². The number of nitrogens with one attached hydrogen (secondary N) is 1. The number of carbonyl (C=O) groups is 1. The van der Waals surface area contributed by atoms with Gasteiger partial charge in [0.05, 0.1) is 11.5 Å². The summed E-state index contributed by atoms with van der Waals surface area (Å²) in [6.45, 7) is 3.98. The Hall–Kier alpha value is -1.60. The second-order valence-electron chi connectivity index (χ2n) is 5.19. The molecule has 0 aliphatic carbocycles. The van der Waals surface area contributed by atoms with Crippen molar-refractivity contribution in [3.63, 3.8) is 0 Å². The van der Waals surface area contributed by atoms with Crippen LogP contribution in [-0.2, 0) is 4.79 Å². The van der Waals surface area contributed by atoms with E-state index in [2.05, 4.69) is 5.32 Å². The van der Waals surface area contributed by atoms with Gasteiger partial charge in [-0.05, 0) is 25.7 Å². The smallest absolute Gasteiger partial charge is 0.272 e. The maximum absolute atomic E-state index is 12.1. The van der Waals surface area contributed by atoms with Crippen LogP contribution in [0.2, 0.25) is 0 Å². The van der Waals surface area contributed by atoms with Gasteiger partial charge < -0.3 is 4.90 Å². The van der Waals surface area contributed by atoms with Gasteiger partial charge in [-0.2, -0.15) is 11.8 Å². The molecule has 1 N–H and O–H groups in total. The summed E-state index contributed by atoms with van der Waals surface area (Å²) in [5.41, 5.74) is 1.47. The Kier molecular flexibility index (Phi) is 4.84. The van der Waals surface area contributed by atoms with E-state index in [1.54, 1.807) is 35.7 Å². The molecule has 2 rings (SSSR count). The van der Waals surface area contributed by atoms with Crippen molar-refractivity contribution in [1.82, 2.24) is 10.2 Å². The minimum atomic E-state index is -0.384. The number of hydrogen-bond donors (Lipinski definition) is 1. The molecule has 2 unspecified atom stereocenters. The maximum atomic E-state index is 12.1. The summed E-state index contributed by atoms with van der Waals surface area (Å²) in [5, 5.41) is 14.2. The summed E-state index contributed by atoms with van der Waals surface area (Å²) in [4.78, 5) is 24.6. The number of thioether (sulfide) groups is 1. The van der Waals surface area contributed by atoms with Crippen molar-refractivity contribution in [3.05, 3.63) is 39.4 Å². The van der Waals surface area contributed by atoms with Crippen molar-refractivity contribution in [2.75, 3.05) is 18.6 Å². The number of benzene rings is 1. The van der Waals surface area contributed by atoms with Crippen molar-refractivity contribution in [2.45, 2.75) is 26.1 Å². The molecular formula is C14H19N3O3S. The van der Waals surface area contributed by atoms with Gasteiger partial charge in [0.2, 0.25) is 5.91 Å². The first-order valence-corrected chi connectivity index (χ1v) is 8.13. The average molecular weight is 309 g/mol. The molecule has 0 radical (unpaired) electrons. The number of aryl methyl sites for hydroxylation is 1. The topological polar surface area (TPSA) is 75.5 Å². The highest BCUT2D eigenvalue weighted by Crippen LogP contribution is 2.29. The van der Waals surface area contributed by atoms with Crippen LogP contribution in [0, 0.1) is 17.0 Å². The Balaban J connectivity index is 2.33. The van der Waals surface area contributed by atoms with Gasteiger partial charge in [0.15, 0.2) is 0 Å². The van der Waals surface area contributed by atoms with Crippen molar-refractivity contribution >= 4 is 23.4 Å². The van der Waals surface area contributed by atoms with Gasteiger partial charge in [-0.15, -0.1) is 0 Å². The van der Waals surface area contributed by atoms with Crippen molar-refractivity contribution in [3.8, 4) is 0 Å². The van der Waals surface area contributed by atoms with E-state index < -0.39 is 0 Å². The van der Waals surface area contributed by atoms with Crippen LogP contribution in [0.15, 0.2) is 18.2 Å². The van der Waals surface area contributed by atoms with Crippen LogP contribution in [0.5, 0.6) is 0 Å². The Labute approximate surface area is 128 Å². The highest BCUT2D eigenvalue weighted by Gasteiger charge is 2.35. The molecule has 0 saturated carbocycles. The molecule has 0 spiro atoms. The lowest BCUT2D eigenvalue weighted by molar-refractivity contribution is -0.385. The molecule has 21 heavy (non-hydrogen) atoms. The number of carbonyl (C=O) groups excluding carboxylic acids is 1. The average Bonchev–Trinajstić information content (AvgIpc) is 2.81. The van der Waals surface area contributed by atoms with E-state index in [0.717, 1.165) is 11.3 Å². The number of amides is 1. The van der Waals surface area contributed by atoms with E-state index in [1.165, 1.54) is 0 Å². The standard InChI is InChI=1S/C14H19N3O3S/c1-9-4-5-11(6-12(9)17(19)20)14-15-7-13(18)16(14)10(2)8-21-3/h4-6,10,14-15H,7-8H2,1-3H3. The van der Waals surface area contributed by atoms with Crippen molar-refractivity contribution in [2.24, 2.45) is 0 Å². The largest absolute Gasteiger partial charge is 0.318 e. The van der Waals surface area contributed by atoms with E-state index in [-0.39, 0.29) is 35.3 Å². The summed E-state index contributed by atoms with van der Waals surface area (Å²) in [6, 6.07) is 5.21. The summed E-state index contributed by atoms with van der Waals surface area (Å²) >= 11 is 1.68. The van der Waals surface area contributed by atoms with Gasteiger partial charge in [0.1, 0.15) is 6.17 Å². The van der Waals surface area contributed by atoms with Gasteiger partial charge in [-0.1, -0.05) is 12.1 Å². The van der Waals surface area contributed by atoms with Crippen LogP contribution in [0.25, 0.3) is 0 Å². The summed E-state index contributed by atoms with van der Waals surface area (Å²) < 4.78 is 0. The number of hydrogen-bond acceptors (Lipinski definition) is 5. The van der Waals surface area contributed by atoms with Crippen LogP contribution >= 0.6 is 11.8 Å². The second-order valence-corrected chi connectivity index (χ2v) is 6.10. The molecule has 0 aromatic heterocycles. The third-order valence-corrected chi connectivity index (χ3v) is 4.46. The van der Waals surface area contributed by atoms with E-state index in [9.17, 15) is 14.9 Å². The van der Waals surface area contributed by atoms with E-state index in [1.807, 2.05) is 19.2 Å². The van der Waals surface area contributed by atoms with E-state index in [4.69, 9.17) is 0 Å². The Bertz CT molecular complexity index is 564. The Morgan fingerprint density at radius 1 is 1.57 bits per heavy atom. The normalized spacial score (nSPS) is 19.9.